The average Bonchev–Trinajstić information content (AvgIpc) is 2.94. The summed E-state index contributed by atoms with van der Waals surface area (Å²) in [6, 6.07) is -0.770. The van der Waals surface area contributed by atoms with Gasteiger partial charge in [0.05, 0.1) is 12.1 Å². The number of nitrogens with zero attached hydrogens (tertiary/aromatic N) is 2. The summed E-state index contributed by atoms with van der Waals surface area (Å²) in [6.45, 7) is 6.45. The largest absolute Gasteiger partial charge is 0.343 e. The number of piperazine rings is 1. The molecule has 6 heteroatoms. The summed E-state index contributed by atoms with van der Waals surface area (Å²) in [5, 5.41) is 2.85. The molecule has 0 aromatic carbocycles. The molecule has 3 atom stereocenters. The number of nitrogens with one attached hydrogen (secondary N) is 1. The normalized spacial score (nSPS) is 24.6. The Hall–Kier alpha value is -1.43. The van der Waals surface area contributed by atoms with Gasteiger partial charge in [-0.2, -0.15) is 0 Å². The summed E-state index contributed by atoms with van der Waals surface area (Å²) in [5.74, 6) is 0.130. The van der Waals surface area contributed by atoms with Gasteiger partial charge in [-0.25, -0.2) is 0 Å². The van der Waals surface area contributed by atoms with Crippen molar-refractivity contribution >= 4 is 23.2 Å². The average molecular weight is 295 g/mol. The van der Waals surface area contributed by atoms with E-state index in [1.807, 2.05) is 20.8 Å². The minimum absolute atomic E-state index is 0.0193. The minimum Gasteiger partial charge on any atom is -0.343 e. The topological polar surface area (TPSA) is 62.3 Å². The van der Waals surface area contributed by atoms with Gasteiger partial charge in [-0.1, -0.05) is 27.2 Å². The van der Waals surface area contributed by atoms with E-state index in [1.165, 1.54) is 11.3 Å². The van der Waals surface area contributed by atoms with Crippen molar-refractivity contribution in [3.63, 3.8) is 0 Å². The van der Waals surface area contributed by atoms with Crippen molar-refractivity contribution in [2.75, 3.05) is 0 Å². The van der Waals surface area contributed by atoms with Crippen LogP contribution in [0.3, 0.4) is 0 Å². The molecule has 0 aliphatic carbocycles. The molecule has 0 radical (unpaired) electrons. The molecule has 1 aliphatic rings. The zero-order chi connectivity index (χ0) is 14.7. The van der Waals surface area contributed by atoms with Crippen LogP contribution in [0.5, 0.6) is 0 Å². The highest BCUT2D eigenvalue weighted by molar-refractivity contribution is 7.09. The summed E-state index contributed by atoms with van der Waals surface area (Å²) in [5.41, 5.74) is 1.75. The van der Waals surface area contributed by atoms with E-state index in [2.05, 4.69) is 10.3 Å². The first-order valence-corrected chi connectivity index (χ1v) is 7.94. The molecular formula is C14H21N3O2S. The third-order valence-electron chi connectivity index (χ3n) is 3.90. The monoisotopic (exact) mass is 295 g/mol. The fourth-order valence-electron chi connectivity index (χ4n) is 2.53. The zero-order valence-electron chi connectivity index (χ0n) is 12.1. The van der Waals surface area contributed by atoms with E-state index in [-0.39, 0.29) is 23.8 Å². The van der Waals surface area contributed by atoms with Gasteiger partial charge < -0.3 is 10.2 Å². The Bertz CT molecular complexity index is 475. The van der Waals surface area contributed by atoms with Gasteiger partial charge in [0, 0.05) is 11.1 Å². The third-order valence-corrected chi connectivity index (χ3v) is 4.67. The van der Waals surface area contributed by atoms with Crippen LogP contribution in [0, 0.1) is 5.92 Å². The quantitative estimate of drug-likeness (QED) is 0.901. The van der Waals surface area contributed by atoms with E-state index in [1.54, 1.807) is 16.6 Å². The molecule has 1 fully saturated rings. The molecule has 2 amide bonds. The van der Waals surface area contributed by atoms with Gasteiger partial charge in [0.1, 0.15) is 12.1 Å². The van der Waals surface area contributed by atoms with Gasteiger partial charge in [0.15, 0.2) is 0 Å². The number of amides is 2. The van der Waals surface area contributed by atoms with Crippen LogP contribution in [0.25, 0.3) is 0 Å². The van der Waals surface area contributed by atoms with Crippen LogP contribution in [0.1, 0.15) is 38.5 Å². The second kappa shape index (κ2) is 6.35. The molecule has 110 valence electrons. The van der Waals surface area contributed by atoms with Gasteiger partial charge >= 0.3 is 0 Å². The Morgan fingerprint density at radius 1 is 1.45 bits per heavy atom. The van der Waals surface area contributed by atoms with Gasteiger partial charge in [-0.3, -0.25) is 14.6 Å². The van der Waals surface area contributed by atoms with Crippen molar-refractivity contribution in [1.29, 1.82) is 0 Å². The molecule has 1 saturated heterocycles. The van der Waals surface area contributed by atoms with E-state index in [4.69, 9.17) is 0 Å². The lowest BCUT2D eigenvalue weighted by Gasteiger charge is -2.41. The third kappa shape index (κ3) is 2.85. The number of carbonyl (C=O) groups excluding carboxylic acids is 2. The maximum Gasteiger partial charge on any atom is 0.246 e. The van der Waals surface area contributed by atoms with Gasteiger partial charge in [-0.15, -0.1) is 11.3 Å². The minimum atomic E-state index is -0.393. The van der Waals surface area contributed by atoms with E-state index in [0.29, 0.717) is 13.0 Å². The highest BCUT2D eigenvalue weighted by Gasteiger charge is 2.41. The summed E-state index contributed by atoms with van der Waals surface area (Å²) in [7, 11) is 0. The fraction of sp³-hybridized carbons (Fsp3) is 0.643. The van der Waals surface area contributed by atoms with Gasteiger partial charge in [0.2, 0.25) is 11.8 Å². The first kappa shape index (κ1) is 15.0. The Kier molecular flexibility index (Phi) is 4.75. The second-order valence-electron chi connectivity index (χ2n) is 5.23. The second-order valence-corrected chi connectivity index (χ2v) is 6.20. The van der Waals surface area contributed by atoms with Crippen molar-refractivity contribution in [2.24, 2.45) is 5.92 Å². The van der Waals surface area contributed by atoms with Crippen LogP contribution in [-0.2, 0) is 16.1 Å². The van der Waals surface area contributed by atoms with Crippen LogP contribution in [0.2, 0.25) is 0 Å². The number of thiazole rings is 1. The van der Waals surface area contributed by atoms with E-state index in [9.17, 15) is 9.59 Å². The molecule has 3 unspecified atom stereocenters. The van der Waals surface area contributed by atoms with Crippen molar-refractivity contribution in [2.45, 2.75) is 52.2 Å². The Labute approximate surface area is 123 Å². The molecule has 0 bridgehead atoms. The molecule has 20 heavy (non-hydrogen) atoms. The predicted molar refractivity (Wildman–Crippen MR) is 78.1 cm³/mol. The molecular weight excluding hydrogens is 274 g/mol. The highest BCUT2D eigenvalue weighted by atomic mass is 32.1. The summed E-state index contributed by atoms with van der Waals surface area (Å²) in [4.78, 5) is 31.7. The Morgan fingerprint density at radius 3 is 2.75 bits per heavy atom. The number of aromatic nitrogens is 1. The van der Waals surface area contributed by atoms with E-state index < -0.39 is 6.04 Å². The highest BCUT2D eigenvalue weighted by Crippen LogP contribution is 2.24. The predicted octanol–water partition coefficient (Wildman–Crippen LogP) is 1.79. The first-order chi connectivity index (χ1) is 9.58. The molecule has 0 saturated carbocycles. The Balaban J connectivity index is 2.27. The number of hydrogen-bond donors (Lipinski definition) is 1. The maximum absolute atomic E-state index is 12.6. The van der Waals surface area contributed by atoms with Crippen LogP contribution >= 0.6 is 11.3 Å². The molecule has 1 N–H and O–H groups in total. The molecule has 2 rings (SSSR count). The molecule has 2 heterocycles. The standard InChI is InChI=1S/C14H21N3O2S/c1-4-9(3)12-13(18)16-11(5-2)14(19)17(12)7-10-6-15-8-20-10/h6,8-9,11-12H,4-5,7H2,1-3H3,(H,16,18). The van der Waals surface area contributed by atoms with Gasteiger partial charge in [0.25, 0.3) is 0 Å². The SMILES string of the molecule is CCC1NC(=O)C(C(C)CC)N(Cc2cncs2)C1=O. The lowest BCUT2D eigenvalue weighted by Crippen LogP contribution is -2.64. The number of rotatable bonds is 5. The number of carbonyl (C=O) groups is 2. The lowest BCUT2D eigenvalue weighted by molar-refractivity contribution is -0.152. The van der Waals surface area contributed by atoms with Crippen molar-refractivity contribution < 1.29 is 9.59 Å². The van der Waals surface area contributed by atoms with Crippen LogP contribution in [-0.4, -0.2) is 33.8 Å². The Morgan fingerprint density at radius 2 is 2.20 bits per heavy atom. The summed E-state index contributed by atoms with van der Waals surface area (Å²) < 4.78 is 0. The first-order valence-electron chi connectivity index (χ1n) is 7.06. The van der Waals surface area contributed by atoms with Crippen LogP contribution < -0.4 is 5.32 Å². The molecule has 1 aromatic rings. The van der Waals surface area contributed by atoms with Crippen molar-refractivity contribution in [3.8, 4) is 0 Å². The van der Waals surface area contributed by atoms with Crippen LogP contribution in [0.15, 0.2) is 11.7 Å². The van der Waals surface area contributed by atoms with Crippen molar-refractivity contribution in [3.05, 3.63) is 16.6 Å². The van der Waals surface area contributed by atoms with Crippen molar-refractivity contribution in [1.82, 2.24) is 15.2 Å². The summed E-state index contributed by atoms with van der Waals surface area (Å²) >= 11 is 1.51. The molecule has 5 nitrogen and oxygen atoms in total. The van der Waals surface area contributed by atoms with Gasteiger partial charge in [-0.05, 0) is 12.3 Å². The molecule has 0 spiro atoms. The van der Waals surface area contributed by atoms with Crippen LogP contribution in [0.4, 0.5) is 0 Å². The fourth-order valence-corrected chi connectivity index (χ4v) is 3.12. The number of hydrogen-bond acceptors (Lipinski definition) is 4. The lowest BCUT2D eigenvalue weighted by atomic mass is 9.93. The summed E-state index contributed by atoms with van der Waals surface area (Å²) in [6.07, 6.45) is 3.25. The maximum atomic E-state index is 12.6. The van der Waals surface area contributed by atoms with E-state index in [0.717, 1.165) is 11.3 Å². The molecule has 1 aliphatic heterocycles. The zero-order valence-corrected chi connectivity index (χ0v) is 12.9. The molecule has 1 aromatic heterocycles. The smallest absolute Gasteiger partial charge is 0.246 e. The van der Waals surface area contributed by atoms with E-state index >= 15 is 0 Å².